The van der Waals surface area contributed by atoms with Crippen molar-refractivity contribution in [2.45, 2.75) is 38.6 Å². The van der Waals surface area contributed by atoms with Crippen LogP contribution in [0, 0.1) is 17.8 Å². The van der Waals surface area contributed by atoms with Gasteiger partial charge in [0, 0.05) is 26.1 Å². The van der Waals surface area contributed by atoms with Crippen molar-refractivity contribution in [3.05, 3.63) is 10.2 Å². The maximum absolute atomic E-state index is 13.6. The number of esters is 1. The van der Waals surface area contributed by atoms with Crippen LogP contribution < -0.4 is 9.80 Å². The first-order valence-electron chi connectivity index (χ1n) is 9.61. The molecule has 3 fully saturated rings. The van der Waals surface area contributed by atoms with E-state index in [-0.39, 0.29) is 52.5 Å². The largest absolute Gasteiger partial charge is 0.466 e. The molecule has 3 aliphatic rings. The van der Waals surface area contributed by atoms with Crippen molar-refractivity contribution in [3.8, 4) is 0 Å². The molecule has 0 amide bonds. The van der Waals surface area contributed by atoms with Crippen LogP contribution in [0.4, 0.5) is 24.9 Å². The number of aromatic nitrogens is 2. The van der Waals surface area contributed by atoms with Gasteiger partial charge in [-0.25, -0.2) is 4.98 Å². The number of aliphatic hydroxyl groups is 1. The average molecular weight is 479 g/mol. The summed E-state index contributed by atoms with van der Waals surface area (Å²) in [7, 11) is 0. The molecule has 11 heteroatoms. The minimum absolute atomic E-state index is 0.0306. The van der Waals surface area contributed by atoms with E-state index in [2.05, 4.69) is 25.9 Å². The van der Waals surface area contributed by atoms with Gasteiger partial charge in [0.15, 0.2) is 5.69 Å². The number of hydrogen-bond acceptors (Lipinski definition) is 7. The molecular formula is C18H22BrF3N4O3. The average Bonchev–Trinajstić information content (AvgIpc) is 3.08. The Morgan fingerprint density at radius 2 is 1.93 bits per heavy atom. The highest BCUT2D eigenvalue weighted by Crippen LogP contribution is 2.55. The Kier molecular flexibility index (Phi) is 5.17. The number of fused-ring (bicyclic) bond motifs is 1. The van der Waals surface area contributed by atoms with Crippen molar-refractivity contribution in [3.63, 3.8) is 0 Å². The predicted molar refractivity (Wildman–Crippen MR) is 101 cm³/mol. The monoisotopic (exact) mass is 478 g/mol. The molecular weight excluding hydrogens is 457 g/mol. The molecule has 0 bridgehead atoms. The number of piperidine rings is 1. The van der Waals surface area contributed by atoms with E-state index in [4.69, 9.17) is 4.74 Å². The lowest BCUT2D eigenvalue weighted by atomic mass is 10.0. The Morgan fingerprint density at radius 1 is 1.28 bits per heavy atom. The van der Waals surface area contributed by atoms with E-state index in [1.165, 1.54) is 0 Å². The first-order chi connectivity index (χ1) is 13.6. The standard InChI is InChI=1S/C18H22BrF3N4O3/c1-3-29-13(28)4-9-10-5-25(6-11(9)10)16-14(19)15(18(20,21)22)23-17(24-16)26-7-12(27)8(26)2/h8-12,27H,3-7H2,1-2H3/t8-,9?,10-,11+,12+/m0/s1. The summed E-state index contributed by atoms with van der Waals surface area (Å²) < 4.78 is 45.5. The molecule has 2 saturated heterocycles. The van der Waals surface area contributed by atoms with Crippen LogP contribution in [0.3, 0.4) is 0 Å². The van der Waals surface area contributed by atoms with Gasteiger partial charge < -0.3 is 19.6 Å². The quantitative estimate of drug-likeness (QED) is 0.651. The SMILES string of the molecule is CCOC(=O)CC1[C@H]2CN(c3nc(N4C[C@@H](O)[C@@H]4C)nc(C(F)(F)F)c3Br)C[C@@H]12. The number of anilines is 2. The van der Waals surface area contributed by atoms with Crippen molar-refractivity contribution in [2.24, 2.45) is 17.8 Å². The van der Waals surface area contributed by atoms with Gasteiger partial charge in [0.25, 0.3) is 0 Å². The Labute approximate surface area is 174 Å². The number of alkyl halides is 3. The van der Waals surface area contributed by atoms with Crippen molar-refractivity contribution in [1.29, 1.82) is 0 Å². The summed E-state index contributed by atoms with van der Waals surface area (Å²) in [6, 6.07) is -0.342. The second-order valence-corrected chi connectivity index (χ2v) is 8.67. The van der Waals surface area contributed by atoms with Gasteiger partial charge in [0.2, 0.25) is 5.95 Å². The summed E-state index contributed by atoms with van der Waals surface area (Å²) in [5, 5.41) is 9.72. The third-order valence-electron chi connectivity index (χ3n) is 6.16. The molecule has 1 N–H and O–H groups in total. The molecule has 1 aliphatic carbocycles. The summed E-state index contributed by atoms with van der Waals surface area (Å²) >= 11 is 3.06. The lowest BCUT2D eigenvalue weighted by Crippen LogP contribution is -2.59. The third-order valence-corrected chi connectivity index (χ3v) is 6.89. The second kappa shape index (κ2) is 7.26. The third kappa shape index (κ3) is 3.67. The molecule has 2 aliphatic heterocycles. The summed E-state index contributed by atoms with van der Waals surface area (Å²) in [5.41, 5.74) is -1.02. The zero-order valence-corrected chi connectivity index (χ0v) is 17.6. The number of rotatable bonds is 5. The van der Waals surface area contributed by atoms with E-state index in [9.17, 15) is 23.1 Å². The van der Waals surface area contributed by atoms with Crippen LogP contribution in [0.2, 0.25) is 0 Å². The Hall–Kier alpha value is -1.62. The maximum Gasteiger partial charge on any atom is 0.434 e. The van der Waals surface area contributed by atoms with E-state index in [1.807, 2.05) is 4.90 Å². The van der Waals surface area contributed by atoms with Crippen LogP contribution in [0.15, 0.2) is 4.47 Å². The second-order valence-electron chi connectivity index (χ2n) is 7.87. The van der Waals surface area contributed by atoms with Crippen LogP contribution >= 0.6 is 15.9 Å². The van der Waals surface area contributed by atoms with Crippen molar-refractivity contribution in [2.75, 3.05) is 36.0 Å². The van der Waals surface area contributed by atoms with E-state index < -0.39 is 18.0 Å². The molecule has 1 saturated carbocycles. The number of carbonyl (C=O) groups excluding carboxylic acids is 1. The molecule has 1 unspecified atom stereocenters. The summed E-state index contributed by atoms with van der Waals surface area (Å²) in [4.78, 5) is 23.2. The highest BCUT2D eigenvalue weighted by atomic mass is 79.9. The highest BCUT2D eigenvalue weighted by molar-refractivity contribution is 9.10. The predicted octanol–water partition coefficient (Wildman–Crippen LogP) is 2.46. The van der Waals surface area contributed by atoms with Gasteiger partial charge in [0.05, 0.1) is 23.2 Å². The topological polar surface area (TPSA) is 78.8 Å². The van der Waals surface area contributed by atoms with E-state index in [0.717, 1.165) is 0 Å². The fourth-order valence-electron chi connectivity index (χ4n) is 4.34. The minimum atomic E-state index is -4.63. The lowest BCUT2D eigenvalue weighted by Gasteiger charge is -2.43. The van der Waals surface area contributed by atoms with Crippen molar-refractivity contribution < 1.29 is 27.8 Å². The van der Waals surface area contributed by atoms with Crippen LogP contribution in [0.5, 0.6) is 0 Å². The first-order valence-corrected chi connectivity index (χ1v) is 10.4. The molecule has 0 spiro atoms. The minimum Gasteiger partial charge on any atom is -0.466 e. The zero-order valence-electron chi connectivity index (χ0n) is 16.0. The van der Waals surface area contributed by atoms with E-state index >= 15 is 0 Å². The smallest absolute Gasteiger partial charge is 0.434 e. The van der Waals surface area contributed by atoms with Gasteiger partial charge in [-0.2, -0.15) is 18.2 Å². The van der Waals surface area contributed by atoms with E-state index in [0.29, 0.717) is 26.1 Å². The van der Waals surface area contributed by atoms with Gasteiger partial charge in [0.1, 0.15) is 5.82 Å². The number of β-amino-alcohol motifs (C(OH)–C–C–N with tert-alkyl or cyclic N) is 1. The Bertz CT molecular complexity index is 812. The summed E-state index contributed by atoms with van der Waals surface area (Å²) in [6.45, 7) is 5.10. The molecule has 0 aromatic carbocycles. The first kappa shape index (κ1) is 20.6. The number of halogens is 4. The summed E-state index contributed by atoms with van der Waals surface area (Å²) in [6.07, 6.45) is -4.89. The molecule has 4 rings (SSSR count). The van der Waals surface area contributed by atoms with Crippen LogP contribution in [-0.4, -0.2) is 59.4 Å². The molecule has 29 heavy (non-hydrogen) atoms. The van der Waals surface area contributed by atoms with Crippen LogP contribution in [0.1, 0.15) is 26.0 Å². The van der Waals surface area contributed by atoms with Gasteiger partial charge >= 0.3 is 12.1 Å². The lowest BCUT2D eigenvalue weighted by molar-refractivity contribution is -0.144. The molecule has 1 aromatic rings. The van der Waals surface area contributed by atoms with E-state index in [1.54, 1.807) is 18.7 Å². The normalized spacial score (nSPS) is 30.8. The fraction of sp³-hybridized carbons (Fsp3) is 0.722. The van der Waals surface area contributed by atoms with Gasteiger partial charge in [-0.05, 0) is 47.5 Å². The molecule has 7 nitrogen and oxygen atoms in total. The Morgan fingerprint density at radius 3 is 2.45 bits per heavy atom. The molecule has 0 radical (unpaired) electrons. The Balaban J connectivity index is 1.55. The highest BCUT2D eigenvalue weighted by Gasteiger charge is 2.57. The molecule has 5 atom stereocenters. The summed E-state index contributed by atoms with van der Waals surface area (Å²) in [5.74, 6) is 0.675. The van der Waals surface area contributed by atoms with Gasteiger partial charge in [-0.15, -0.1) is 0 Å². The van der Waals surface area contributed by atoms with Crippen LogP contribution in [-0.2, 0) is 15.7 Å². The van der Waals surface area contributed by atoms with Crippen molar-refractivity contribution >= 4 is 33.7 Å². The number of aliphatic hydroxyl groups excluding tert-OH is 1. The van der Waals surface area contributed by atoms with Crippen molar-refractivity contribution in [1.82, 2.24) is 9.97 Å². The number of hydrogen-bond donors (Lipinski definition) is 1. The van der Waals surface area contributed by atoms with Gasteiger partial charge in [-0.3, -0.25) is 4.79 Å². The molecule has 1 aromatic heterocycles. The molecule has 160 valence electrons. The maximum atomic E-state index is 13.6. The molecule has 3 heterocycles. The van der Waals surface area contributed by atoms with Gasteiger partial charge in [-0.1, -0.05) is 0 Å². The van der Waals surface area contributed by atoms with Crippen LogP contribution in [0.25, 0.3) is 0 Å². The number of nitrogens with zero attached hydrogens (tertiary/aromatic N) is 4. The number of ether oxygens (including phenoxy) is 1. The zero-order chi connectivity index (χ0) is 21.1. The fourth-order valence-corrected chi connectivity index (χ4v) is 4.99. The number of carbonyl (C=O) groups is 1.